The van der Waals surface area contributed by atoms with Crippen molar-refractivity contribution < 1.29 is 4.74 Å². The minimum Gasteiger partial charge on any atom is -0.493 e. The third-order valence-corrected chi connectivity index (χ3v) is 5.84. The molecule has 3 heteroatoms. The predicted octanol–water partition coefficient (Wildman–Crippen LogP) is 3.58. The van der Waals surface area contributed by atoms with E-state index in [0.29, 0.717) is 5.92 Å². The summed E-state index contributed by atoms with van der Waals surface area (Å²) in [6.45, 7) is 0.784. The van der Waals surface area contributed by atoms with Gasteiger partial charge in [-0.05, 0) is 66.7 Å². The van der Waals surface area contributed by atoms with Crippen molar-refractivity contribution in [3.05, 3.63) is 28.3 Å². The number of nitrogens with two attached hydrogens (primary N) is 1. The molecule has 0 amide bonds. The Bertz CT molecular complexity index is 530. The number of hydrogen-bond donors (Lipinski definition) is 1. The van der Waals surface area contributed by atoms with E-state index in [9.17, 15) is 0 Å². The molecule has 0 aromatic heterocycles. The molecule has 2 saturated carbocycles. The molecular weight excluding hydrogens is 270 g/mol. The zero-order valence-corrected chi connectivity index (χ0v) is 12.5. The van der Waals surface area contributed by atoms with Gasteiger partial charge in [0.05, 0.1) is 6.61 Å². The van der Waals surface area contributed by atoms with Gasteiger partial charge in [-0.1, -0.05) is 18.0 Å². The van der Waals surface area contributed by atoms with Crippen molar-refractivity contribution in [3.8, 4) is 5.75 Å². The summed E-state index contributed by atoms with van der Waals surface area (Å²) >= 11 is 6.24. The van der Waals surface area contributed by atoms with Gasteiger partial charge in [0, 0.05) is 17.5 Å². The quantitative estimate of drug-likeness (QED) is 0.924. The van der Waals surface area contributed by atoms with Crippen LogP contribution in [0.5, 0.6) is 5.75 Å². The van der Waals surface area contributed by atoms with Crippen LogP contribution in [-0.4, -0.2) is 12.6 Å². The van der Waals surface area contributed by atoms with Crippen molar-refractivity contribution in [2.75, 3.05) is 6.61 Å². The van der Waals surface area contributed by atoms with Crippen LogP contribution in [0.2, 0.25) is 5.02 Å². The minimum atomic E-state index is 0.261. The molecule has 20 heavy (non-hydrogen) atoms. The van der Waals surface area contributed by atoms with Crippen LogP contribution in [-0.2, 0) is 12.8 Å². The van der Waals surface area contributed by atoms with Crippen molar-refractivity contribution >= 4 is 11.6 Å². The molecule has 2 N–H and O–H groups in total. The van der Waals surface area contributed by atoms with Crippen LogP contribution < -0.4 is 10.5 Å². The van der Waals surface area contributed by atoms with E-state index in [4.69, 9.17) is 22.1 Å². The lowest BCUT2D eigenvalue weighted by Crippen LogP contribution is -2.35. The average molecular weight is 292 g/mol. The highest BCUT2D eigenvalue weighted by Gasteiger charge is 2.42. The molecule has 2 nitrogen and oxygen atoms in total. The lowest BCUT2D eigenvalue weighted by atomic mass is 9.81. The highest BCUT2D eigenvalue weighted by molar-refractivity contribution is 6.30. The second kappa shape index (κ2) is 4.92. The van der Waals surface area contributed by atoms with Gasteiger partial charge >= 0.3 is 0 Å². The molecule has 2 bridgehead atoms. The topological polar surface area (TPSA) is 35.2 Å². The molecule has 1 aromatic carbocycles. The zero-order valence-electron chi connectivity index (χ0n) is 11.8. The highest BCUT2D eigenvalue weighted by Crippen LogP contribution is 2.49. The van der Waals surface area contributed by atoms with Crippen molar-refractivity contribution in [1.82, 2.24) is 0 Å². The molecule has 0 radical (unpaired) electrons. The smallest absolute Gasteiger partial charge is 0.125 e. The molecule has 4 unspecified atom stereocenters. The largest absolute Gasteiger partial charge is 0.493 e. The Morgan fingerprint density at radius 2 is 2.20 bits per heavy atom. The molecule has 0 saturated heterocycles. The van der Waals surface area contributed by atoms with Gasteiger partial charge in [0.2, 0.25) is 0 Å². The normalized spacial score (nSPS) is 32.2. The van der Waals surface area contributed by atoms with E-state index in [1.165, 1.54) is 36.8 Å². The lowest BCUT2D eigenvalue weighted by Gasteiger charge is -2.28. The van der Waals surface area contributed by atoms with Gasteiger partial charge in [-0.25, -0.2) is 0 Å². The minimum absolute atomic E-state index is 0.261. The first-order chi connectivity index (χ1) is 9.70. The first-order valence-corrected chi connectivity index (χ1v) is 8.28. The second-order valence-corrected chi connectivity index (χ2v) is 7.29. The number of rotatable bonds is 3. The van der Waals surface area contributed by atoms with E-state index in [0.717, 1.165) is 42.1 Å². The summed E-state index contributed by atoms with van der Waals surface area (Å²) in [6.07, 6.45) is 7.48. The molecule has 1 aromatic rings. The van der Waals surface area contributed by atoms with Gasteiger partial charge in [0.25, 0.3) is 0 Å². The van der Waals surface area contributed by atoms with Crippen LogP contribution in [0.3, 0.4) is 0 Å². The summed E-state index contributed by atoms with van der Waals surface area (Å²) in [7, 11) is 0. The molecule has 2 aliphatic carbocycles. The van der Waals surface area contributed by atoms with Crippen molar-refractivity contribution in [1.29, 1.82) is 0 Å². The monoisotopic (exact) mass is 291 g/mol. The fourth-order valence-electron chi connectivity index (χ4n) is 4.72. The summed E-state index contributed by atoms with van der Waals surface area (Å²) in [5, 5.41) is 0.824. The van der Waals surface area contributed by atoms with E-state index in [1.807, 2.05) is 6.07 Å². The number of benzene rings is 1. The zero-order chi connectivity index (χ0) is 13.7. The van der Waals surface area contributed by atoms with Crippen molar-refractivity contribution in [2.24, 2.45) is 23.5 Å². The third kappa shape index (κ3) is 2.14. The second-order valence-electron chi connectivity index (χ2n) is 6.86. The summed E-state index contributed by atoms with van der Waals surface area (Å²) in [4.78, 5) is 0. The highest BCUT2D eigenvalue weighted by atomic mass is 35.5. The predicted molar refractivity (Wildman–Crippen MR) is 81.3 cm³/mol. The molecule has 4 atom stereocenters. The molecular formula is C17H22ClNO. The van der Waals surface area contributed by atoms with Gasteiger partial charge in [0.1, 0.15) is 5.75 Å². The number of hydrogen-bond acceptors (Lipinski definition) is 2. The molecule has 3 aliphatic rings. The lowest BCUT2D eigenvalue weighted by molar-refractivity contribution is 0.278. The van der Waals surface area contributed by atoms with Gasteiger partial charge in [0.15, 0.2) is 0 Å². The fraction of sp³-hybridized carbons (Fsp3) is 0.647. The first kappa shape index (κ1) is 13.0. The molecule has 1 aliphatic heterocycles. The van der Waals surface area contributed by atoms with Crippen LogP contribution in [0.15, 0.2) is 12.1 Å². The Balaban J connectivity index is 1.54. The molecule has 0 spiro atoms. The van der Waals surface area contributed by atoms with Crippen molar-refractivity contribution in [3.63, 3.8) is 0 Å². The van der Waals surface area contributed by atoms with Crippen molar-refractivity contribution in [2.45, 2.75) is 44.6 Å². The maximum absolute atomic E-state index is 6.54. The SMILES string of the molecule is NC(Cc1cc(Cl)cc2c1OCC2)C1CC2CCC1C2. The maximum Gasteiger partial charge on any atom is 0.125 e. The first-order valence-electron chi connectivity index (χ1n) is 7.90. The summed E-state index contributed by atoms with van der Waals surface area (Å²) in [6, 6.07) is 4.35. The van der Waals surface area contributed by atoms with E-state index in [-0.39, 0.29) is 6.04 Å². The van der Waals surface area contributed by atoms with Crippen LogP contribution in [0.1, 0.15) is 36.8 Å². The Morgan fingerprint density at radius 1 is 1.30 bits per heavy atom. The van der Waals surface area contributed by atoms with E-state index in [2.05, 4.69) is 6.07 Å². The summed E-state index contributed by atoms with van der Waals surface area (Å²) < 4.78 is 5.80. The molecule has 2 fully saturated rings. The van der Waals surface area contributed by atoms with Crippen LogP contribution in [0.4, 0.5) is 0 Å². The Kier molecular flexibility index (Phi) is 3.19. The molecule has 108 valence electrons. The average Bonchev–Trinajstić information content (AvgIpc) is 3.13. The van der Waals surface area contributed by atoms with Gasteiger partial charge < -0.3 is 10.5 Å². The summed E-state index contributed by atoms with van der Waals surface area (Å²) in [5.74, 6) is 3.61. The van der Waals surface area contributed by atoms with Gasteiger partial charge in [-0.2, -0.15) is 0 Å². The van der Waals surface area contributed by atoms with Crippen LogP contribution >= 0.6 is 11.6 Å². The number of ether oxygens (including phenoxy) is 1. The maximum atomic E-state index is 6.54. The standard InChI is InChI=1S/C17H22ClNO/c18-14-7-12-3-4-20-17(12)13(8-14)9-16(19)15-6-10-1-2-11(15)5-10/h7-8,10-11,15-16H,1-6,9,19H2. The van der Waals surface area contributed by atoms with Crippen LogP contribution in [0, 0.1) is 17.8 Å². The van der Waals surface area contributed by atoms with Crippen LogP contribution in [0.25, 0.3) is 0 Å². The van der Waals surface area contributed by atoms with E-state index in [1.54, 1.807) is 0 Å². The third-order valence-electron chi connectivity index (χ3n) is 5.62. The number of fused-ring (bicyclic) bond motifs is 3. The summed E-state index contributed by atoms with van der Waals surface area (Å²) in [5.41, 5.74) is 9.02. The van der Waals surface area contributed by atoms with E-state index < -0.39 is 0 Å². The molecule has 4 rings (SSSR count). The number of halogens is 1. The fourth-order valence-corrected chi connectivity index (χ4v) is 4.98. The Hall–Kier alpha value is -0.730. The van der Waals surface area contributed by atoms with Gasteiger partial charge in [-0.3, -0.25) is 0 Å². The Morgan fingerprint density at radius 3 is 2.95 bits per heavy atom. The molecule has 1 heterocycles. The van der Waals surface area contributed by atoms with Gasteiger partial charge in [-0.15, -0.1) is 0 Å². The van der Waals surface area contributed by atoms with E-state index >= 15 is 0 Å². The Labute approximate surface area is 125 Å².